The summed E-state index contributed by atoms with van der Waals surface area (Å²) in [5.41, 5.74) is 4.27. The molecule has 2 aliphatic rings. The largest absolute Gasteiger partial charge is 0.493 e. The first-order chi connectivity index (χ1) is 12.9. The lowest BCUT2D eigenvalue weighted by Crippen LogP contribution is -2.28. The molecule has 0 aromatic carbocycles. The molecule has 2 fully saturated rings. The van der Waals surface area contributed by atoms with E-state index in [1.165, 1.54) is 31.4 Å². The first kappa shape index (κ1) is 15.8. The molecule has 5 nitrogen and oxygen atoms in total. The second kappa shape index (κ2) is 6.72. The van der Waals surface area contributed by atoms with Crippen molar-refractivity contribution in [2.45, 2.75) is 31.6 Å². The van der Waals surface area contributed by atoms with Gasteiger partial charge in [-0.05, 0) is 56.3 Å². The summed E-state index contributed by atoms with van der Waals surface area (Å²) in [5, 5.41) is 7.97. The number of hydrogen-bond acceptors (Lipinski definition) is 4. The van der Waals surface area contributed by atoms with Crippen LogP contribution in [0.1, 0.15) is 37.3 Å². The molecule has 3 aromatic heterocycles. The van der Waals surface area contributed by atoms with Crippen molar-refractivity contribution in [3.05, 3.63) is 48.4 Å². The molecule has 26 heavy (non-hydrogen) atoms. The van der Waals surface area contributed by atoms with Crippen molar-refractivity contribution in [3.63, 3.8) is 0 Å². The Labute approximate surface area is 153 Å². The van der Waals surface area contributed by atoms with Crippen LogP contribution in [-0.2, 0) is 0 Å². The minimum atomic E-state index is 0.503. The first-order valence-corrected chi connectivity index (χ1v) is 9.65. The predicted octanol–water partition coefficient (Wildman–Crippen LogP) is 3.65. The van der Waals surface area contributed by atoms with E-state index in [0.29, 0.717) is 5.92 Å². The van der Waals surface area contributed by atoms with Crippen LogP contribution >= 0.6 is 0 Å². The zero-order valence-corrected chi connectivity index (χ0v) is 14.9. The summed E-state index contributed by atoms with van der Waals surface area (Å²) >= 11 is 0. The van der Waals surface area contributed by atoms with Crippen LogP contribution in [0, 0.1) is 5.92 Å². The lowest BCUT2D eigenvalue weighted by Gasteiger charge is -2.22. The Bertz CT molecular complexity index is 909. The fourth-order valence-electron chi connectivity index (χ4n) is 3.68. The van der Waals surface area contributed by atoms with Crippen molar-refractivity contribution in [3.8, 4) is 17.0 Å². The summed E-state index contributed by atoms with van der Waals surface area (Å²) in [6, 6.07) is 10.4. The number of aromatic nitrogens is 3. The average molecular weight is 348 g/mol. The van der Waals surface area contributed by atoms with Crippen LogP contribution in [0.3, 0.4) is 0 Å². The molecule has 0 spiro atoms. The zero-order valence-electron chi connectivity index (χ0n) is 14.9. The smallest absolute Gasteiger partial charge is 0.123 e. The lowest BCUT2D eigenvalue weighted by atomic mass is 9.95. The molecule has 5 rings (SSSR count). The van der Waals surface area contributed by atoms with Crippen molar-refractivity contribution < 1.29 is 4.74 Å². The number of nitrogens with zero attached hydrogens (tertiary/aromatic N) is 3. The van der Waals surface area contributed by atoms with Gasteiger partial charge >= 0.3 is 0 Å². The van der Waals surface area contributed by atoms with Gasteiger partial charge in [-0.2, -0.15) is 5.10 Å². The van der Waals surface area contributed by atoms with Crippen LogP contribution in [0.15, 0.2) is 42.7 Å². The molecule has 4 heterocycles. The fourth-order valence-corrected chi connectivity index (χ4v) is 3.68. The quantitative estimate of drug-likeness (QED) is 0.765. The van der Waals surface area contributed by atoms with Gasteiger partial charge in [-0.25, -0.2) is 4.52 Å². The molecule has 1 aliphatic heterocycles. The highest BCUT2D eigenvalue weighted by atomic mass is 16.5. The summed E-state index contributed by atoms with van der Waals surface area (Å²) in [7, 11) is 0. The van der Waals surface area contributed by atoms with E-state index >= 15 is 0 Å². The van der Waals surface area contributed by atoms with Crippen LogP contribution in [0.5, 0.6) is 5.75 Å². The molecule has 1 N–H and O–H groups in total. The minimum Gasteiger partial charge on any atom is -0.493 e. The summed E-state index contributed by atoms with van der Waals surface area (Å²) in [6.07, 6.45) is 8.90. The molecular formula is C21H24N4O. The van der Waals surface area contributed by atoms with Crippen LogP contribution in [0.25, 0.3) is 16.8 Å². The van der Waals surface area contributed by atoms with E-state index in [2.05, 4.69) is 34.7 Å². The lowest BCUT2D eigenvalue weighted by molar-refractivity contribution is 0.299. The van der Waals surface area contributed by atoms with E-state index in [9.17, 15) is 0 Å². The van der Waals surface area contributed by atoms with Gasteiger partial charge in [-0.1, -0.05) is 6.07 Å². The van der Waals surface area contributed by atoms with E-state index in [4.69, 9.17) is 9.72 Å². The van der Waals surface area contributed by atoms with Gasteiger partial charge in [0.15, 0.2) is 0 Å². The Morgan fingerprint density at radius 1 is 1.19 bits per heavy atom. The second-order valence-corrected chi connectivity index (χ2v) is 7.50. The van der Waals surface area contributed by atoms with Gasteiger partial charge in [0.2, 0.25) is 0 Å². The first-order valence-electron chi connectivity index (χ1n) is 9.65. The third kappa shape index (κ3) is 3.19. The number of pyridine rings is 2. The maximum absolute atomic E-state index is 5.95. The number of ether oxygens (including phenoxy) is 1. The van der Waals surface area contributed by atoms with Gasteiger partial charge in [-0.3, -0.25) is 4.98 Å². The SMILES string of the molecule is c1cc(-c2cnn3ccc(OCC4CC4)cc23)nc(C2CCCNC2)c1. The normalized spacial score (nSPS) is 20.4. The molecule has 0 bridgehead atoms. The Morgan fingerprint density at radius 3 is 3.00 bits per heavy atom. The monoisotopic (exact) mass is 348 g/mol. The van der Waals surface area contributed by atoms with Crippen LogP contribution in [0.2, 0.25) is 0 Å². The number of fused-ring (bicyclic) bond motifs is 1. The van der Waals surface area contributed by atoms with Gasteiger partial charge < -0.3 is 10.1 Å². The molecule has 3 aromatic rings. The molecule has 1 saturated heterocycles. The van der Waals surface area contributed by atoms with Gasteiger partial charge in [0.1, 0.15) is 5.75 Å². The van der Waals surface area contributed by atoms with Crippen LogP contribution in [0.4, 0.5) is 0 Å². The van der Waals surface area contributed by atoms with E-state index < -0.39 is 0 Å². The van der Waals surface area contributed by atoms with Gasteiger partial charge in [-0.15, -0.1) is 0 Å². The standard InChI is InChI=1S/C21H24N4O/c1-4-19(16-3-2-9-22-12-16)24-20(5-1)18-13-23-25-10-8-17(11-21(18)25)26-14-15-6-7-15/h1,4-5,8,10-11,13,15-16,22H,2-3,6-7,9,12,14H2. The number of nitrogens with one attached hydrogen (secondary N) is 1. The Hall–Kier alpha value is -2.40. The molecule has 1 atom stereocenters. The highest BCUT2D eigenvalue weighted by molar-refractivity contribution is 5.78. The molecule has 0 radical (unpaired) electrons. The van der Waals surface area contributed by atoms with Crippen molar-refractivity contribution in [1.82, 2.24) is 19.9 Å². The number of rotatable bonds is 5. The van der Waals surface area contributed by atoms with Crippen molar-refractivity contribution in [1.29, 1.82) is 0 Å². The van der Waals surface area contributed by atoms with Crippen LogP contribution in [-0.4, -0.2) is 34.3 Å². The molecule has 134 valence electrons. The van der Waals surface area contributed by atoms with Gasteiger partial charge in [0.05, 0.1) is 24.0 Å². The third-order valence-corrected chi connectivity index (χ3v) is 5.44. The maximum Gasteiger partial charge on any atom is 0.123 e. The van der Waals surface area contributed by atoms with Crippen molar-refractivity contribution >= 4 is 5.52 Å². The molecule has 1 unspecified atom stereocenters. The highest BCUT2D eigenvalue weighted by Gasteiger charge is 2.22. The molecule has 0 amide bonds. The summed E-state index contributed by atoms with van der Waals surface area (Å²) in [6.45, 7) is 2.96. The topological polar surface area (TPSA) is 51.5 Å². The summed E-state index contributed by atoms with van der Waals surface area (Å²) in [5.74, 6) is 2.17. The van der Waals surface area contributed by atoms with Crippen molar-refractivity contribution in [2.75, 3.05) is 19.7 Å². The third-order valence-electron chi connectivity index (χ3n) is 5.44. The molecule has 1 saturated carbocycles. The Morgan fingerprint density at radius 2 is 2.15 bits per heavy atom. The minimum absolute atomic E-state index is 0.503. The van der Waals surface area contributed by atoms with Crippen LogP contribution < -0.4 is 10.1 Å². The number of piperidine rings is 1. The van der Waals surface area contributed by atoms with E-state index in [-0.39, 0.29) is 0 Å². The summed E-state index contributed by atoms with van der Waals surface area (Å²) < 4.78 is 7.85. The van der Waals surface area contributed by atoms with E-state index in [1.807, 2.05) is 23.0 Å². The fraction of sp³-hybridized carbons (Fsp3) is 0.429. The predicted molar refractivity (Wildman–Crippen MR) is 101 cm³/mol. The van der Waals surface area contributed by atoms with E-state index in [0.717, 1.165) is 48.1 Å². The zero-order chi connectivity index (χ0) is 17.3. The van der Waals surface area contributed by atoms with Crippen molar-refractivity contribution in [2.24, 2.45) is 5.92 Å². The molecular weight excluding hydrogens is 324 g/mol. The maximum atomic E-state index is 5.95. The molecule has 1 aliphatic carbocycles. The molecule has 5 heteroatoms. The summed E-state index contributed by atoms with van der Waals surface area (Å²) in [4.78, 5) is 4.97. The highest BCUT2D eigenvalue weighted by Crippen LogP contribution is 2.31. The van der Waals surface area contributed by atoms with Gasteiger partial charge in [0.25, 0.3) is 0 Å². The number of hydrogen-bond donors (Lipinski definition) is 1. The van der Waals surface area contributed by atoms with Gasteiger partial charge in [0, 0.05) is 36.0 Å². The van der Waals surface area contributed by atoms with E-state index in [1.54, 1.807) is 0 Å². The Balaban J connectivity index is 1.46. The average Bonchev–Trinajstić information content (AvgIpc) is 3.44. The Kier molecular flexibility index (Phi) is 4.09. The second-order valence-electron chi connectivity index (χ2n) is 7.50.